The average molecular weight is 540 g/mol. The number of methoxy groups -OCH3 is 1. The SMILES string of the molecule is C#Cc1ccc(C(C(=O)Nc2ccc(OC)cc2)N(CCCC)C(=O)C(CS)NC(=O)OC(C)(C)C)cc1. The molecule has 38 heavy (non-hydrogen) atoms. The minimum absolute atomic E-state index is 0.0174. The average Bonchev–Trinajstić information content (AvgIpc) is 2.88. The number of nitrogens with zero attached hydrogens (tertiary/aromatic N) is 1. The lowest BCUT2D eigenvalue weighted by Crippen LogP contribution is -2.53. The van der Waals surface area contributed by atoms with E-state index in [1.165, 1.54) is 4.90 Å². The van der Waals surface area contributed by atoms with Crippen LogP contribution in [0.2, 0.25) is 0 Å². The second-order valence-electron chi connectivity index (χ2n) is 9.65. The zero-order valence-electron chi connectivity index (χ0n) is 22.6. The number of amides is 3. The van der Waals surface area contributed by atoms with Crippen molar-refractivity contribution in [2.45, 2.75) is 58.2 Å². The van der Waals surface area contributed by atoms with Gasteiger partial charge in [-0.1, -0.05) is 31.4 Å². The molecule has 2 atom stereocenters. The van der Waals surface area contributed by atoms with Crippen LogP contribution in [0.1, 0.15) is 57.7 Å². The molecule has 2 unspecified atom stereocenters. The Morgan fingerprint density at radius 2 is 1.71 bits per heavy atom. The first kappa shape index (κ1) is 30.6. The molecule has 2 aromatic rings. The van der Waals surface area contributed by atoms with Crippen LogP contribution < -0.4 is 15.4 Å². The molecule has 0 radical (unpaired) electrons. The van der Waals surface area contributed by atoms with Gasteiger partial charge in [-0.05, 0) is 69.2 Å². The number of ether oxygens (including phenoxy) is 2. The number of hydrogen-bond acceptors (Lipinski definition) is 6. The number of carbonyl (C=O) groups excluding carboxylic acids is 3. The van der Waals surface area contributed by atoms with Gasteiger partial charge in [-0.3, -0.25) is 9.59 Å². The van der Waals surface area contributed by atoms with E-state index in [-0.39, 0.29) is 12.3 Å². The van der Waals surface area contributed by atoms with E-state index in [0.29, 0.717) is 29.0 Å². The van der Waals surface area contributed by atoms with Crippen molar-refractivity contribution in [3.05, 3.63) is 59.7 Å². The number of thiol groups is 1. The third-order valence-electron chi connectivity index (χ3n) is 5.52. The van der Waals surface area contributed by atoms with Gasteiger partial charge in [-0.15, -0.1) is 6.42 Å². The van der Waals surface area contributed by atoms with Crippen molar-refractivity contribution in [2.75, 3.05) is 24.7 Å². The summed E-state index contributed by atoms with van der Waals surface area (Å²) in [7, 11) is 1.56. The molecule has 0 fully saturated rings. The molecule has 0 aliphatic carbocycles. The number of rotatable bonds is 11. The van der Waals surface area contributed by atoms with Gasteiger partial charge in [0, 0.05) is 23.5 Å². The molecule has 8 nitrogen and oxygen atoms in total. The number of terminal acetylenes is 1. The van der Waals surface area contributed by atoms with Crippen molar-refractivity contribution < 1.29 is 23.9 Å². The van der Waals surface area contributed by atoms with Crippen molar-refractivity contribution in [3.63, 3.8) is 0 Å². The lowest BCUT2D eigenvalue weighted by atomic mass is 10.0. The first-order valence-electron chi connectivity index (χ1n) is 12.4. The summed E-state index contributed by atoms with van der Waals surface area (Å²) in [5.41, 5.74) is 1.03. The summed E-state index contributed by atoms with van der Waals surface area (Å²) in [6, 6.07) is 11.8. The number of benzene rings is 2. The highest BCUT2D eigenvalue weighted by Crippen LogP contribution is 2.26. The molecule has 2 aromatic carbocycles. The summed E-state index contributed by atoms with van der Waals surface area (Å²) in [5.74, 6) is 2.36. The van der Waals surface area contributed by atoms with Crippen LogP contribution in [0.5, 0.6) is 5.75 Å². The molecule has 9 heteroatoms. The molecule has 0 saturated carbocycles. The van der Waals surface area contributed by atoms with Crippen molar-refractivity contribution in [1.82, 2.24) is 10.2 Å². The standard InChI is InChI=1S/C29H37N3O5S/c1-7-9-18-32(27(34)24(19-38)31-28(35)37-29(3,4)5)25(21-12-10-20(8-2)11-13-21)26(33)30-22-14-16-23(36-6)17-15-22/h2,10-17,24-25,38H,7,9,18-19H2,1,3-6H3,(H,30,33)(H,31,35). The van der Waals surface area contributed by atoms with Crippen molar-refractivity contribution >= 4 is 36.2 Å². The first-order valence-corrected chi connectivity index (χ1v) is 13.1. The normalized spacial score (nSPS) is 12.4. The monoisotopic (exact) mass is 539 g/mol. The molecule has 0 aliphatic heterocycles. The van der Waals surface area contributed by atoms with Gasteiger partial charge in [0.05, 0.1) is 7.11 Å². The van der Waals surface area contributed by atoms with E-state index in [0.717, 1.165) is 6.42 Å². The van der Waals surface area contributed by atoms with Gasteiger partial charge in [0.2, 0.25) is 5.91 Å². The van der Waals surface area contributed by atoms with Gasteiger partial charge in [0.1, 0.15) is 23.4 Å². The van der Waals surface area contributed by atoms with Crippen LogP contribution in [-0.2, 0) is 14.3 Å². The van der Waals surface area contributed by atoms with E-state index in [9.17, 15) is 14.4 Å². The summed E-state index contributed by atoms with van der Waals surface area (Å²) in [6.45, 7) is 7.48. The van der Waals surface area contributed by atoms with Crippen LogP contribution in [0.4, 0.5) is 10.5 Å². The summed E-state index contributed by atoms with van der Waals surface area (Å²) >= 11 is 4.31. The van der Waals surface area contributed by atoms with Gasteiger partial charge < -0.3 is 25.0 Å². The fourth-order valence-corrected chi connectivity index (χ4v) is 3.90. The maximum absolute atomic E-state index is 13.8. The molecule has 0 bridgehead atoms. The Labute approximate surface area is 230 Å². The molecule has 3 amide bonds. The largest absolute Gasteiger partial charge is 0.497 e. The first-order chi connectivity index (χ1) is 18.0. The van der Waals surface area contributed by atoms with Crippen LogP contribution in [0, 0.1) is 12.3 Å². The molecule has 2 rings (SSSR count). The summed E-state index contributed by atoms with van der Waals surface area (Å²) < 4.78 is 10.5. The number of hydrogen-bond donors (Lipinski definition) is 3. The zero-order valence-corrected chi connectivity index (χ0v) is 23.5. The Hall–Kier alpha value is -3.64. The number of carbonyl (C=O) groups is 3. The smallest absolute Gasteiger partial charge is 0.408 e. The zero-order chi connectivity index (χ0) is 28.3. The highest BCUT2D eigenvalue weighted by Gasteiger charge is 2.35. The van der Waals surface area contributed by atoms with Gasteiger partial charge in [-0.25, -0.2) is 4.79 Å². The predicted octanol–water partition coefficient (Wildman–Crippen LogP) is 4.81. The molecular formula is C29H37N3O5S. The Balaban J connectivity index is 2.46. The molecule has 204 valence electrons. The van der Waals surface area contributed by atoms with Crippen LogP contribution in [0.3, 0.4) is 0 Å². The second-order valence-corrected chi connectivity index (χ2v) is 10.0. The van der Waals surface area contributed by atoms with Crippen LogP contribution in [-0.4, -0.2) is 53.9 Å². The number of nitrogens with one attached hydrogen (secondary N) is 2. The van der Waals surface area contributed by atoms with Crippen molar-refractivity contribution in [3.8, 4) is 18.1 Å². The molecule has 0 heterocycles. The highest BCUT2D eigenvalue weighted by molar-refractivity contribution is 7.80. The minimum atomic E-state index is -1.01. The topological polar surface area (TPSA) is 97.0 Å². The Kier molecular flexibility index (Phi) is 11.5. The Morgan fingerprint density at radius 1 is 1.08 bits per heavy atom. The number of alkyl carbamates (subject to hydrolysis) is 1. The van der Waals surface area contributed by atoms with E-state index >= 15 is 0 Å². The fourth-order valence-electron chi connectivity index (χ4n) is 3.65. The van der Waals surface area contributed by atoms with E-state index < -0.39 is 35.6 Å². The second kappa shape index (κ2) is 14.3. The highest BCUT2D eigenvalue weighted by atomic mass is 32.1. The Bertz CT molecular complexity index is 1120. The number of unbranched alkanes of at least 4 members (excludes halogenated alkanes) is 1. The minimum Gasteiger partial charge on any atom is -0.497 e. The maximum atomic E-state index is 13.8. The Morgan fingerprint density at radius 3 is 2.21 bits per heavy atom. The quantitative estimate of drug-likeness (QED) is 0.281. The van der Waals surface area contributed by atoms with Crippen LogP contribution in [0.25, 0.3) is 0 Å². The van der Waals surface area contributed by atoms with Crippen molar-refractivity contribution in [1.29, 1.82) is 0 Å². The van der Waals surface area contributed by atoms with E-state index in [1.54, 1.807) is 76.4 Å². The maximum Gasteiger partial charge on any atom is 0.408 e. The van der Waals surface area contributed by atoms with Gasteiger partial charge in [0.15, 0.2) is 0 Å². The molecule has 2 N–H and O–H groups in total. The molecule has 0 aliphatic rings. The van der Waals surface area contributed by atoms with Gasteiger partial charge in [-0.2, -0.15) is 12.6 Å². The fraction of sp³-hybridized carbons (Fsp3) is 0.414. The van der Waals surface area contributed by atoms with Gasteiger partial charge >= 0.3 is 6.09 Å². The molecule has 0 spiro atoms. The van der Waals surface area contributed by atoms with Crippen LogP contribution in [0.15, 0.2) is 48.5 Å². The lowest BCUT2D eigenvalue weighted by Gasteiger charge is -2.34. The van der Waals surface area contributed by atoms with Crippen molar-refractivity contribution in [2.24, 2.45) is 0 Å². The summed E-state index contributed by atoms with van der Waals surface area (Å²) in [5, 5.41) is 5.51. The third-order valence-corrected chi connectivity index (χ3v) is 5.88. The van der Waals surface area contributed by atoms with Gasteiger partial charge in [0.25, 0.3) is 5.91 Å². The summed E-state index contributed by atoms with van der Waals surface area (Å²) in [4.78, 5) is 41.5. The number of anilines is 1. The van der Waals surface area contributed by atoms with Crippen LogP contribution >= 0.6 is 12.6 Å². The summed E-state index contributed by atoms with van der Waals surface area (Å²) in [6.07, 6.45) is 6.21. The third kappa shape index (κ3) is 9.03. The molecular weight excluding hydrogens is 502 g/mol. The molecule has 0 aromatic heterocycles. The lowest BCUT2D eigenvalue weighted by molar-refractivity contribution is -0.140. The van der Waals surface area contributed by atoms with E-state index in [2.05, 4.69) is 29.2 Å². The van der Waals surface area contributed by atoms with E-state index in [4.69, 9.17) is 15.9 Å². The van der Waals surface area contributed by atoms with E-state index in [1.807, 2.05) is 6.92 Å². The predicted molar refractivity (Wildman–Crippen MR) is 152 cm³/mol. The molecule has 0 saturated heterocycles.